The maximum absolute atomic E-state index is 13.9. The van der Waals surface area contributed by atoms with Crippen LogP contribution in [0.4, 0.5) is 5.82 Å². The van der Waals surface area contributed by atoms with Crippen molar-refractivity contribution < 1.29 is 27.5 Å². The molecular formula is C39H47N5O6S. The zero-order valence-corrected chi connectivity index (χ0v) is 29.6. The molecule has 0 unspecified atom stereocenters. The summed E-state index contributed by atoms with van der Waals surface area (Å²) in [6, 6.07) is 29.6. The summed E-state index contributed by atoms with van der Waals surface area (Å²) in [4.78, 5) is 27.5. The molecule has 11 nitrogen and oxygen atoms in total. The first-order valence-corrected chi connectivity index (χ1v) is 19.5. The quantitative estimate of drug-likeness (QED) is 0.143. The topological polar surface area (TPSA) is 141 Å². The van der Waals surface area contributed by atoms with Crippen LogP contribution >= 0.6 is 0 Å². The van der Waals surface area contributed by atoms with E-state index < -0.39 is 15.9 Å². The molecule has 0 spiro atoms. The van der Waals surface area contributed by atoms with Gasteiger partial charge in [-0.15, -0.1) is 0 Å². The van der Waals surface area contributed by atoms with E-state index in [9.17, 15) is 18.0 Å². The lowest BCUT2D eigenvalue weighted by Gasteiger charge is -2.32. The number of rotatable bonds is 15. The van der Waals surface area contributed by atoms with Gasteiger partial charge in [0.2, 0.25) is 15.9 Å². The predicted molar refractivity (Wildman–Crippen MR) is 195 cm³/mol. The first kappa shape index (κ1) is 36.3. The molecule has 0 radical (unpaired) electrons. The Morgan fingerprint density at radius 3 is 1.73 bits per heavy atom. The molecule has 0 bridgehead atoms. The largest absolute Gasteiger partial charge is 0.371 e. The Morgan fingerprint density at radius 2 is 1.18 bits per heavy atom. The van der Waals surface area contributed by atoms with Crippen molar-refractivity contribution in [3.8, 4) is 0 Å². The smallest absolute Gasteiger partial charge is 0.269 e. The first-order chi connectivity index (χ1) is 24.8. The summed E-state index contributed by atoms with van der Waals surface area (Å²) < 4.78 is 42.6. The molecule has 0 saturated heterocycles. The number of sulfonamides is 1. The number of ether oxygens (including phenoxy) is 2. The van der Waals surface area contributed by atoms with Gasteiger partial charge in [-0.25, -0.2) is 13.1 Å². The molecule has 3 aromatic carbocycles. The van der Waals surface area contributed by atoms with Gasteiger partial charge in [0.05, 0.1) is 43.3 Å². The lowest BCUT2D eigenvalue weighted by atomic mass is 9.92. The van der Waals surface area contributed by atoms with Crippen LogP contribution in [0.1, 0.15) is 78.5 Å². The highest BCUT2D eigenvalue weighted by molar-refractivity contribution is 7.91. The summed E-state index contributed by atoms with van der Waals surface area (Å²) in [5.41, 5.74) is 2.80. The first-order valence-electron chi connectivity index (χ1n) is 17.8. The number of hydrogen-bond donors (Lipinski definition) is 3. The molecule has 3 N–H and O–H groups in total. The molecule has 2 fully saturated rings. The van der Waals surface area contributed by atoms with Crippen molar-refractivity contribution in [1.29, 1.82) is 0 Å². The van der Waals surface area contributed by atoms with Gasteiger partial charge in [-0.1, -0.05) is 117 Å². The van der Waals surface area contributed by atoms with E-state index in [2.05, 4.69) is 20.5 Å². The predicted octanol–water partition coefficient (Wildman–Crippen LogP) is 5.73. The van der Waals surface area contributed by atoms with Crippen LogP contribution in [0.15, 0.2) is 97.1 Å². The monoisotopic (exact) mass is 713 g/mol. The maximum atomic E-state index is 13.9. The van der Waals surface area contributed by atoms with Gasteiger partial charge in [0, 0.05) is 6.07 Å². The zero-order chi connectivity index (χ0) is 35.5. The molecular weight excluding hydrogens is 667 g/mol. The highest BCUT2D eigenvalue weighted by Crippen LogP contribution is 2.25. The van der Waals surface area contributed by atoms with Crippen LogP contribution in [0.5, 0.6) is 0 Å². The molecule has 0 aliphatic heterocycles. The highest BCUT2D eigenvalue weighted by atomic mass is 32.2. The summed E-state index contributed by atoms with van der Waals surface area (Å²) in [6.07, 6.45) is 6.72. The lowest BCUT2D eigenvalue weighted by Crippen LogP contribution is -2.48. The van der Waals surface area contributed by atoms with E-state index in [1.54, 1.807) is 24.3 Å². The molecule has 270 valence electrons. The molecule has 2 amide bonds. The van der Waals surface area contributed by atoms with E-state index in [0.29, 0.717) is 18.8 Å². The Hall–Kier alpha value is -4.52. The third-order valence-corrected chi connectivity index (χ3v) is 10.7. The number of aromatic nitrogens is 2. The van der Waals surface area contributed by atoms with Crippen molar-refractivity contribution in [1.82, 2.24) is 20.4 Å². The zero-order valence-electron chi connectivity index (χ0n) is 28.8. The van der Waals surface area contributed by atoms with Crippen molar-refractivity contribution in [3.05, 3.63) is 119 Å². The van der Waals surface area contributed by atoms with Crippen LogP contribution in [-0.2, 0) is 49.8 Å². The molecule has 4 atom stereocenters. The number of carbonyl (C=O) groups excluding carboxylic acids is 2. The highest BCUT2D eigenvalue weighted by Gasteiger charge is 2.31. The Labute approximate surface area is 300 Å². The fourth-order valence-electron chi connectivity index (χ4n) is 6.87. The van der Waals surface area contributed by atoms with E-state index in [0.717, 1.165) is 62.5 Å². The molecule has 1 aromatic heterocycles. The fourth-order valence-corrected chi connectivity index (χ4v) is 7.99. The van der Waals surface area contributed by atoms with Gasteiger partial charge in [0.25, 0.3) is 5.91 Å². The Balaban J connectivity index is 1.16. The number of hydrogen-bond acceptors (Lipinski definition) is 7. The van der Waals surface area contributed by atoms with Gasteiger partial charge < -0.3 is 20.1 Å². The van der Waals surface area contributed by atoms with Gasteiger partial charge in [-0.2, -0.15) is 5.10 Å². The molecule has 2 saturated carbocycles. The maximum Gasteiger partial charge on any atom is 0.269 e. The van der Waals surface area contributed by atoms with Crippen LogP contribution in [0.25, 0.3) is 0 Å². The molecule has 12 heteroatoms. The van der Waals surface area contributed by atoms with E-state index in [1.807, 2.05) is 66.7 Å². The normalized spacial score (nSPS) is 20.7. The molecule has 2 aliphatic rings. The summed E-state index contributed by atoms with van der Waals surface area (Å²) in [5.74, 6) is -1.10. The van der Waals surface area contributed by atoms with Crippen molar-refractivity contribution in [3.63, 3.8) is 0 Å². The van der Waals surface area contributed by atoms with Gasteiger partial charge in [-0.05, 0) is 42.4 Å². The second kappa shape index (κ2) is 17.6. The van der Waals surface area contributed by atoms with Crippen molar-refractivity contribution in [2.24, 2.45) is 0 Å². The third-order valence-electron chi connectivity index (χ3n) is 9.45. The Kier molecular flexibility index (Phi) is 12.5. The van der Waals surface area contributed by atoms with Crippen LogP contribution in [-0.4, -0.2) is 54.3 Å². The van der Waals surface area contributed by atoms with E-state index in [4.69, 9.17) is 9.47 Å². The average Bonchev–Trinajstić information content (AvgIpc) is 3.52. The van der Waals surface area contributed by atoms with Gasteiger partial charge >= 0.3 is 0 Å². The van der Waals surface area contributed by atoms with Gasteiger partial charge in [-0.3, -0.25) is 14.3 Å². The van der Waals surface area contributed by atoms with Crippen LogP contribution < -0.4 is 15.4 Å². The Bertz CT molecular complexity index is 1820. The number of nitrogens with one attached hydrogen (secondary N) is 3. The van der Waals surface area contributed by atoms with Crippen molar-refractivity contribution >= 4 is 27.7 Å². The minimum atomic E-state index is -3.87. The summed E-state index contributed by atoms with van der Waals surface area (Å²) >= 11 is 0. The Morgan fingerprint density at radius 1 is 0.686 bits per heavy atom. The number of benzene rings is 3. The van der Waals surface area contributed by atoms with Crippen LogP contribution in [0, 0.1) is 0 Å². The van der Waals surface area contributed by atoms with E-state index in [1.165, 1.54) is 10.7 Å². The van der Waals surface area contributed by atoms with Gasteiger partial charge in [0.15, 0.2) is 5.82 Å². The second-order valence-corrected chi connectivity index (χ2v) is 15.1. The van der Waals surface area contributed by atoms with Crippen LogP contribution in [0.3, 0.4) is 0 Å². The SMILES string of the molecule is O=C(Cn1nc(NS(=O)(=O)Cc2ccccc2)cc1C(=O)N[C@H]1CCCC[C@@H]1OCc1ccccc1)N[C@H]1CCCC[C@@H]1OCc1ccccc1. The second-order valence-electron chi connectivity index (χ2n) is 13.4. The molecule has 2 aliphatic carbocycles. The summed E-state index contributed by atoms with van der Waals surface area (Å²) in [5, 5.41) is 10.7. The van der Waals surface area contributed by atoms with Gasteiger partial charge in [0.1, 0.15) is 12.2 Å². The van der Waals surface area contributed by atoms with Crippen molar-refractivity contribution in [2.75, 3.05) is 4.72 Å². The van der Waals surface area contributed by atoms with Crippen molar-refractivity contribution in [2.45, 2.75) is 101 Å². The van der Waals surface area contributed by atoms with Crippen LogP contribution in [0.2, 0.25) is 0 Å². The lowest BCUT2D eigenvalue weighted by molar-refractivity contribution is -0.124. The number of amides is 2. The summed E-state index contributed by atoms with van der Waals surface area (Å²) in [6.45, 7) is 0.606. The molecule has 6 rings (SSSR count). The third kappa shape index (κ3) is 10.7. The average molecular weight is 714 g/mol. The molecule has 51 heavy (non-hydrogen) atoms. The summed E-state index contributed by atoms with van der Waals surface area (Å²) in [7, 11) is -3.87. The minimum Gasteiger partial charge on any atom is -0.371 e. The minimum absolute atomic E-state index is 0.0360. The number of anilines is 1. The molecule has 4 aromatic rings. The number of nitrogens with zero attached hydrogens (tertiary/aromatic N) is 2. The standard InChI is InChI=1S/C39H47N5O6S/c45-38(40-32-20-10-12-22-35(32)49-26-29-14-4-1-5-15-29)25-44-34(24-37(42-44)43-51(47,48)28-31-18-8-3-9-19-31)39(46)41-33-21-11-13-23-36(33)50-27-30-16-6-2-7-17-30/h1-9,14-19,24,32-33,35-36H,10-13,20-23,25-28H2,(H,40,45)(H,41,46)(H,42,43)/t32-,33-,35-,36-/m0/s1. The fraction of sp³-hybridized carbons (Fsp3) is 0.410. The van der Waals surface area contributed by atoms with E-state index in [-0.39, 0.29) is 54.0 Å². The number of carbonyl (C=O) groups is 2. The van der Waals surface area contributed by atoms with E-state index >= 15 is 0 Å². The molecule has 1 heterocycles.